The molecule has 0 N–H and O–H groups in total. The Balaban J connectivity index is 2.38. The summed E-state index contributed by atoms with van der Waals surface area (Å²) in [5.41, 5.74) is 0.278. The van der Waals surface area contributed by atoms with Gasteiger partial charge in [-0.25, -0.2) is 8.78 Å². The van der Waals surface area contributed by atoms with Gasteiger partial charge in [-0.2, -0.15) is 0 Å². The average Bonchev–Trinajstić information content (AvgIpc) is 3.16. The fraction of sp³-hybridized carbons (Fsp3) is 0.500. The summed E-state index contributed by atoms with van der Waals surface area (Å²) in [6.45, 7) is 5.26. The molecule has 1 saturated carbocycles. The molecule has 1 fully saturated rings. The van der Waals surface area contributed by atoms with Gasteiger partial charge in [0, 0.05) is 0 Å². The topological polar surface area (TPSA) is 35.4 Å². The van der Waals surface area contributed by atoms with Crippen molar-refractivity contribution in [3.05, 3.63) is 33.3 Å². The van der Waals surface area contributed by atoms with Gasteiger partial charge < -0.3 is 4.55 Å². The number of benzene rings is 1. The van der Waals surface area contributed by atoms with E-state index < -0.39 is 27.7 Å². The molecule has 1 aromatic rings. The van der Waals surface area contributed by atoms with Gasteiger partial charge in [0.2, 0.25) is 0 Å². The molecule has 0 aromatic heterocycles. The van der Waals surface area contributed by atoms with Crippen molar-refractivity contribution in [1.29, 1.82) is 0 Å². The Hall–Kier alpha value is -0.460. The van der Waals surface area contributed by atoms with Crippen LogP contribution >= 0.6 is 15.9 Å². The highest BCUT2D eigenvalue weighted by atomic mass is 79.9. The van der Waals surface area contributed by atoms with Gasteiger partial charge in [-0.05, 0) is 67.1 Å². The van der Waals surface area contributed by atoms with Crippen molar-refractivity contribution in [3.63, 3.8) is 0 Å². The van der Waals surface area contributed by atoms with Crippen LogP contribution in [-0.2, 0) is 11.4 Å². The van der Waals surface area contributed by atoms with Crippen LogP contribution < -0.4 is 0 Å². The third kappa shape index (κ3) is 3.40. The molecule has 1 unspecified atom stereocenters. The molecular formula is C14H16BrF2NOS. The summed E-state index contributed by atoms with van der Waals surface area (Å²) < 4.78 is 43.6. The predicted molar refractivity (Wildman–Crippen MR) is 81.5 cm³/mol. The quantitative estimate of drug-likeness (QED) is 0.442. The Morgan fingerprint density at radius 1 is 1.35 bits per heavy atom. The van der Waals surface area contributed by atoms with Crippen molar-refractivity contribution in [2.24, 2.45) is 4.40 Å². The van der Waals surface area contributed by atoms with Crippen LogP contribution in [0.3, 0.4) is 0 Å². The van der Waals surface area contributed by atoms with E-state index in [-0.39, 0.29) is 16.0 Å². The Morgan fingerprint density at radius 3 is 2.45 bits per heavy atom. The molecular weight excluding hydrogens is 348 g/mol. The Kier molecular flexibility index (Phi) is 4.56. The van der Waals surface area contributed by atoms with Crippen LogP contribution in [0.2, 0.25) is 0 Å². The first kappa shape index (κ1) is 15.9. The number of hydrogen-bond acceptors (Lipinski definition) is 2. The molecule has 0 heterocycles. The van der Waals surface area contributed by atoms with Crippen molar-refractivity contribution in [2.75, 3.05) is 0 Å². The molecule has 0 amide bonds. The van der Waals surface area contributed by atoms with Crippen LogP contribution in [0.1, 0.15) is 50.7 Å². The second kappa shape index (κ2) is 5.73. The van der Waals surface area contributed by atoms with Gasteiger partial charge in [0.25, 0.3) is 0 Å². The average molecular weight is 364 g/mol. The van der Waals surface area contributed by atoms with Gasteiger partial charge in [0.05, 0.1) is 16.3 Å². The highest BCUT2D eigenvalue weighted by molar-refractivity contribution is 9.10. The standard InChI is InChI=1S/C14H16BrF2NOS/c1-14(2,3)20(19)18-7-10-12(16)9(8-4-5-8)6-11(15)13(10)17/h6-8H,4-5H2,1-3H3/b18-7+. The van der Waals surface area contributed by atoms with E-state index in [0.717, 1.165) is 19.1 Å². The molecule has 1 aliphatic carbocycles. The minimum atomic E-state index is -1.54. The van der Waals surface area contributed by atoms with Gasteiger partial charge in [0.1, 0.15) is 27.7 Å². The summed E-state index contributed by atoms with van der Waals surface area (Å²) in [7, 11) is 0. The van der Waals surface area contributed by atoms with Crippen molar-refractivity contribution in [1.82, 2.24) is 0 Å². The van der Waals surface area contributed by atoms with Crippen molar-refractivity contribution >= 4 is 33.5 Å². The fourth-order valence-corrected chi connectivity index (χ4v) is 2.68. The van der Waals surface area contributed by atoms with E-state index >= 15 is 0 Å². The van der Waals surface area contributed by atoms with Crippen molar-refractivity contribution in [2.45, 2.75) is 44.3 Å². The van der Waals surface area contributed by atoms with Crippen molar-refractivity contribution < 1.29 is 13.3 Å². The molecule has 0 radical (unpaired) electrons. The van der Waals surface area contributed by atoms with Gasteiger partial charge in [-0.15, -0.1) is 0 Å². The fourth-order valence-electron chi connectivity index (χ4n) is 1.71. The van der Waals surface area contributed by atoms with Gasteiger partial charge in [0.15, 0.2) is 0 Å². The second-order valence-electron chi connectivity index (χ2n) is 5.86. The highest BCUT2D eigenvalue weighted by Crippen LogP contribution is 2.43. The maximum Gasteiger partial charge on any atom is 0.149 e. The molecule has 20 heavy (non-hydrogen) atoms. The Labute approximate surface area is 129 Å². The zero-order valence-electron chi connectivity index (χ0n) is 11.5. The Bertz CT molecular complexity index is 553. The molecule has 2 rings (SSSR count). The van der Waals surface area contributed by atoms with Crippen LogP contribution in [0.15, 0.2) is 14.9 Å². The van der Waals surface area contributed by atoms with Crippen LogP contribution in [0.4, 0.5) is 8.78 Å². The zero-order valence-corrected chi connectivity index (χ0v) is 13.9. The molecule has 0 aliphatic heterocycles. The summed E-state index contributed by atoms with van der Waals surface area (Å²) in [4.78, 5) is 0. The third-order valence-corrected chi connectivity index (χ3v) is 4.96. The summed E-state index contributed by atoms with van der Waals surface area (Å²) >= 11 is 1.55. The van der Waals surface area contributed by atoms with Gasteiger partial charge in [-0.1, -0.05) is 4.40 Å². The lowest BCUT2D eigenvalue weighted by Gasteiger charge is -2.17. The summed E-state index contributed by atoms with van der Waals surface area (Å²) in [5.74, 6) is -1.14. The number of halogens is 3. The van der Waals surface area contributed by atoms with Crippen LogP contribution in [0.25, 0.3) is 0 Å². The molecule has 0 saturated heterocycles. The van der Waals surface area contributed by atoms with Gasteiger partial charge in [-0.3, -0.25) is 0 Å². The monoisotopic (exact) mass is 363 g/mol. The SMILES string of the molecule is CC(C)(C)[S+]([O-])/N=C/c1c(F)c(Br)cc(C2CC2)c1F. The van der Waals surface area contributed by atoms with Crippen molar-refractivity contribution in [3.8, 4) is 0 Å². The number of nitrogens with zero attached hydrogens (tertiary/aromatic N) is 1. The first-order valence-electron chi connectivity index (χ1n) is 6.35. The summed E-state index contributed by atoms with van der Waals surface area (Å²) in [5, 5.41) is 0. The third-order valence-electron chi connectivity index (χ3n) is 3.04. The lowest BCUT2D eigenvalue weighted by molar-refractivity contribution is 0.560. The predicted octanol–water partition coefficient (Wildman–Crippen LogP) is 4.49. The van der Waals surface area contributed by atoms with Gasteiger partial charge >= 0.3 is 0 Å². The lowest BCUT2D eigenvalue weighted by Crippen LogP contribution is -2.26. The minimum Gasteiger partial charge on any atom is -0.591 e. The lowest BCUT2D eigenvalue weighted by atomic mass is 10.1. The Morgan fingerprint density at radius 2 is 1.95 bits per heavy atom. The van der Waals surface area contributed by atoms with E-state index in [1.165, 1.54) is 6.07 Å². The number of rotatable bonds is 3. The van der Waals surface area contributed by atoms with E-state index in [1.54, 1.807) is 20.8 Å². The highest BCUT2D eigenvalue weighted by Gasteiger charge is 2.30. The maximum atomic E-state index is 14.3. The molecule has 0 spiro atoms. The first-order valence-corrected chi connectivity index (χ1v) is 8.25. The van der Waals surface area contributed by atoms with E-state index in [2.05, 4.69) is 20.3 Å². The first-order chi connectivity index (χ1) is 9.21. The summed E-state index contributed by atoms with van der Waals surface area (Å²) in [6, 6.07) is 1.49. The second-order valence-corrected chi connectivity index (χ2v) is 8.65. The smallest absolute Gasteiger partial charge is 0.149 e. The molecule has 2 nitrogen and oxygen atoms in total. The molecule has 1 atom stereocenters. The van der Waals surface area contributed by atoms with Crippen LogP contribution in [0.5, 0.6) is 0 Å². The molecule has 1 aliphatic rings. The largest absolute Gasteiger partial charge is 0.591 e. The molecule has 1 aromatic carbocycles. The van der Waals surface area contributed by atoms with E-state index in [1.807, 2.05) is 0 Å². The summed E-state index contributed by atoms with van der Waals surface area (Å²) in [6.07, 6.45) is 2.88. The minimum absolute atomic E-state index is 0.159. The molecule has 110 valence electrons. The molecule has 6 heteroatoms. The normalized spacial score (nSPS) is 17.8. The van der Waals surface area contributed by atoms with E-state index in [4.69, 9.17) is 0 Å². The van der Waals surface area contributed by atoms with E-state index in [0.29, 0.717) is 5.56 Å². The van der Waals surface area contributed by atoms with E-state index in [9.17, 15) is 13.3 Å². The van der Waals surface area contributed by atoms with Crippen LogP contribution in [0, 0.1) is 11.6 Å². The maximum absolute atomic E-state index is 14.3. The number of hydrogen-bond donors (Lipinski definition) is 0. The van der Waals surface area contributed by atoms with Crippen LogP contribution in [-0.4, -0.2) is 15.5 Å². The molecule has 0 bridgehead atoms. The zero-order chi connectivity index (χ0) is 15.1.